The molecule has 0 fully saturated rings. The molecule has 2 aromatic rings. The fraction of sp³-hybridized carbons (Fsp3) is 0.385. The number of nitrogens with zero attached hydrogens (tertiary/aromatic N) is 1. The maximum Gasteiger partial charge on any atom is 0.120 e. The molecule has 0 aliphatic carbocycles. The summed E-state index contributed by atoms with van der Waals surface area (Å²) in [4.78, 5) is 0. The van der Waals surface area contributed by atoms with Crippen molar-refractivity contribution < 1.29 is 4.74 Å². The van der Waals surface area contributed by atoms with Crippen LogP contribution in [-0.2, 0) is 6.54 Å². The summed E-state index contributed by atoms with van der Waals surface area (Å²) >= 11 is 0. The van der Waals surface area contributed by atoms with Crippen molar-refractivity contribution in [1.82, 2.24) is 4.57 Å². The Morgan fingerprint density at radius 3 is 2.75 bits per heavy atom. The molecule has 0 spiro atoms. The first kappa shape index (κ1) is 11.0. The average Bonchev–Trinajstić information content (AvgIpc) is 2.66. The third kappa shape index (κ3) is 1.67. The van der Waals surface area contributed by atoms with Crippen LogP contribution in [0.1, 0.15) is 25.5 Å². The van der Waals surface area contributed by atoms with Crippen LogP contribution in [0.25, 0.3) is 10.9 Å². The molecule has 1 aromatic heterocycles. The van der Waals surface area contributed by atoms with Crippen molar-refractivity contribution >= 4 is 10.9 Å². The second-order valence-corrected chi connectivity index (χ2v) is 4.04. The minimum Gasteiger partial charge on any atom is -0.497 e. The van der Waals surface area contributed by atoms with Gasteiger partial charge in [-0.2, -0.15) is 0 Å². The molecule has 3 heteroatoms. The van der Waals surface area contributed by atoms with Crippen LogP contribution in [0.2, 0.25) is 0 Å². The SMILES string of the molecule is CCn1cc(C(C)N)c2ccc(OC)cc21. The highest BCUT2D eigenvalue weighted by atomic mass is 16.5. The molecule has 0 amide bonds. The molecule has 86 valence electrons. The van der Waals surface area contributed by atoms with Gasteiger partial charge in [-0.3, -0.25) is 0 Å². The zero-order valence-corrected chi connectivity index (χ0v) is 10.0. The summed E-state index contributed by atoms with van der Waals surface area (Å²) in [6, 6.07) is 6.18. The summed E-state index contributed by atoms with van der Waals surface area (Å²) in [7, 11) is 1.69. The fourth-order valence-electron chi connectivity index (χ4n) is 2.05. The van der Waals surface area contributed by atoms with Gasteiger partial charge in [-0.15, -0.1) is 0 Å². The van der Waals surface area contributed by atoms with Crippen LogP contribution in [0.15, 0.2) is 24.4 Å². The molecule has 2 N–H and O–H groups in total. The number of fused-ring (bicyclic) bond motifs is 1. The van der Waals surface area contributed by atoms with Crippen molar-refractivity contribution in [2.24, 2.45) is 5.73 Å². The molecule has 2 rings (SSSR count). The summed E-state index contributed by atoms with van der Waals surface area (Å²) in [6.45, 7) is 5.08. The molecular weight excluding hydrogens is 200 g/mol. The lowest BCUT2D eigenvalue weighted by Crippen LogP contribution is -2.03. The van der Waals surface area contributed by atoms with E-state index in [1.807, 2.05) is 13.0 Å². The van der Waals surface area contributed by atoms with Crippen LogP contribution in [-0.4, -0.2) is 11.7 Å². The van der Waals surface area contributed by atoms with Crippen molar-refractivity contribution in [2.45, 2.75) is 26.4 Å². The first-order valence-electron chi connectivity index (χ1n) is 5.59. The van der Waals surface area contributed by atoms with Gasteiger partial charge in [0.05, 0.1) is 12.6 Å². The highest BCUT2D eigenvalue weighted by molar-refractivity contribution is 5.85. The molecule has 0 saturated heterocycles. The minimum atomic E-state index is 0.0590. The normalized spacial score (nSPS) is 13.0. The number of benzene rings is 1. The summed E-state index contributed by atoms with van der Waals surface area (Å²) in [6.07, 6.45) is 2.13. The van der Waals surface area contributed by atoms with Gasteiger partial charge in [0, 0.05) is 30.2 Å². The maximum atomic E-state index is 5.97. The Balaban J connectivity index is 2.69. The van der Waals surface area contributed by atoms with Crippen molar-refractivity contribution in [1.29, 1.82) is 0 Å². The third-order valence-corrected chi connectivity index (χ3v) is 2.95. The smallest absolute Gasteiger partial charge is 0.120 e. The first-order valence-corrected chi connectivity index (χ1v) is 5.59. The average molecular weight is 218 g/mol. The van der Waals surface area contributed by atoms with Crippen LogP contribution in [0.4, 0.5) is 0 Å². The number of aryl methyl sites for hydroxylation is 1. The number of rotatable bonds is 3. The van der Waals surface area contributed by atoms with Gasteiger partial charge in [-0.05, 0) is 31.5 Å². The number of methoxy groups -OCH3 is 1. The molecule has 1 heterocycles. The molecule has 1 aromatic carbocycles. The quantitative estimate of drug-likeness (QED) is 0.860. The van der Waals surface area contributed by atoms with Crippen molar-refractivity contribution in [2.75, 3.05) is 7.11 Å². The van der Waals surface area contributed by atoms with Crippen LogP contribution in [0, 0.1) is 0 Å². The standard InChI is InChI=1S/C13H18N2O/c1-4-15-8-12(9(2)14)11-6-5-10(16-3)7-13(11)15/h5-9H,4,14H2,1-3H3. The van der Waals surface area contributed by atoms with Crippen LogP contribution in [0.3, 0.4) is 0 Å². The summed E-state index contributed by atoms with van der Waals surface area (Å²) in [5.41, 5.74) is 8.36. The van der Waals surface area contributed by atoms with Gasteiger partial charge in [-0.25, -0.2) is 0 Å². The first-order chi connectivity index (χ1) is 7.67. The molecule has 16 heavy (non-hydrogen) atoms. The number of aromatic nitrogens is 1. The predicted molar refractivity (Wildman–Crippen MR) is 66.8 cm³/mol. The van der Waals surface area contributed by atoms with Crippen molar-refractivity contribution in [3.63, 3.8) is 0 Å². The van der Waals surface area contributed by atoms with E-state index in [0.29, 0.717) is 0 Å². The largest absolute Gasteiger partial charge is 0.497 e. The van der Waals surface area contributed by atoms with Gasteiger partial charge in [0.1, 0.15) is 5.75 Å². The molecule has 0 aliphatic heterocycles. The summed E-state index contributed by atoms with van der Waals surface area (Å²) in [5.74, 6) is 0.886. The van der Waals surface area contributed by atoms with E-state index >= 15 is 0 Å². The van der Waals surface area contributed by atoms with Crippen molar-refractivity contribution in [3.05, 3.63) is 30.0 Å². The zero-order valence-electron chi connectivity index (χ0n) is 10.0. The Hall–Kier alpha value is -1.48. The number of hydrogen-bond donors (Lipinski definition) is 1. The van der Waals surface area contributed by atoms with Gasteiger partial charge in [-0.1, -0.05) is 0 Å². The highest BCUT2D eigenvalue weighted by Crippen LogP contribution is 2.28. The van der Waals surface area contributed by atoms with E-state index in [2.05, 4.69) is 29.8 Å². The number of hydrogen-bond acceptors (Lipinski definition) is 2. The molecule has 1 atom stereocenters. The summed E-state index contributed by atoms with van der Waals surface area (Å²) in [5, 5.41) is 1.22. The maximum absolute atomic E-state index is 5.97. The summed E-state index contributed by atoms with van der Waals surface area (Å²) < 4.78 is 7.45. The zero-order chi connectivity index (χ0) is 11.7. The van der Waals surface area contributed by atoms with E-state index in [0.717, 1.165) is 12.3 Å². The molecule has 0 saturated carbocycles. The predicted octanol–water partition coefficient (Wildman–Crippen LogP) is 2.69. The highest BCUT2D eigenvalue weighted by Gasteiger charge is 2.11. The van der Waals surface area contributed by atoms with Crippen molar-refractivity contribution in [3.8, 4) is 5.75 Å². The molecule has 1 unspecified atom stereocenters. The molecule has 0 aliphatic rings. The molecule has 3 nitrogen and oxygen atoms in total. The lowest BCUT2D eigenvalue weighted by atomic mass is 10.1. The van der Waals surface area contributed by atoms with Gasteiger partial charge >= 0.3 is 0 Å². The topological polar surface area (TPSA) is 40.2 Å². The van der Waals surface area contributed by atoms with Gasteiger partial charge in [0.15, 0.2) is 0 Å². The van der Waals surface area contributed by atoms with Gasteiger partial charge in [0.2, 0.25) is 0 Å². The Bertz CT molecular complexity index is 500. The monoisotopic (exact) mass is 218 g/mol. The Labute approximate surface area is 95.8 Å². The van der Waals surface area contributed by atoms with E-state index in [-0.39, 0.29) is 6.04 Å². The molecule has 0 radical (unpaired) electrons. The molecule has 0 bridgehead atoms. The third-order valence-electron chi connectivity index (χ3n) is 2.95. The molecular formula is C13H18N2O. The fourth-order valence-corrected chi connectivity index (χ4v) is 2.05. The van der Waals surface area contributed by atoms with Gasteiger partial charge < -0.3 is 15.0 Å². The second-order valence-electron chi connectivity index (χ2n) is 4.04. The van der Waals surface area contributed by atoms with E-state index in [1.165, 1.54) is 16.5 Å². The Morgan fingerprint density at radius 2 is 2.19 bits per heavy atom. The Morgan fingerprint density at radius 1 is 1.44 bits per heavy atom. The van der Waals surface area contributed by atoms with E-state index in [4.69, 9.17) is 10.5 Å². The number of ether oxygens (including phenoxy) is 1. The van der Waals surface area contributed by atoms with E-state index in [1.54, 1.807) is 7.11 Å². The second kappa shape index (κ2) is 4.18. The lowest BCUT2D eigenvalue weighted by Gasteiger charge is -2.04. The van der Waals surface area contributed by atoms with Gasteiger partial charge in [0.25, 0.3) is 0 Å². The number of nitrogens with two attached hydrogens (primary N) is 1. The van der Waals surface area contributed by atoms with Crippen LogP contribution in [0.5, 0.6) is 5.75 Å². The van der Waals surface area contributed by atoms with Crippen LogP contribution < -0.4 is 10.5 Å². The van der Waals surface area contributed by atoms with E-state index in [9.17, 15) is 0 Å². The van der Waals surface area contributed by atoms with Crippen LogP contribution >= 0.6 is 0 Å². The Kier molecular flexibility index (Phi) is 2.88. The lowest BCUT2D eigenvalue weighted by molar-refractivity contribution is 0.415. The minimum absolute atomic E-state index is 0.0590. The van der Waals surface area contributed by atoms with E-state index < -0.39 is 0 Å².